The van der Waals surface area contributed by atoms with E-state index in [1.165, 1.54) is 0 Å². The summed E-state index contributed by atoms with van der Waals surface area (Å²) < 4.78 is 0. The van der Waals surface area contributed by atoms with Crippen LogP contribution in [0.25, 0.3) is 0 Å². The average molecular weight is 164 g/mol. The van der Waals surface area contributed by atoms with Crippen LogP contribution in [0.2, 0.25) is 0 Å². The molecule has 0 fully saturated rings. The number of hydrogen-bond donors (Lipinski definition) is 3. The van der Waals surface area contributed by atoms with Crippen molar-refractivity contribution in [2.75, 3.05) is 12.8 Å². The molecule has 1 rings (SSSR count). The van der Waals surface area contributed by atoms with Crippen molar-refractivity contribution in [2.45, 2.75) is 0 Å². The number of nitrogen functional groups attached to an aromatic ring is 1. The molecule has 0 unspecified atom stereocenters. The second-order valence-electron chi connectivity index (χ2n) is 2.34. The summed E-state index contributed by atoms with van der Waals surface area (Å²) in [7, 11) is 1.67. The topological polar surface area (TPSA) is 76.4 Å². The van der Waals surface area contributed by atoms with E-state index in [0.29, 0.717) is 5.84 Å². The maximum atomic E-state index is 5.52. The fourth-order valence-electron chi connectivity index (χ4n) is 0.918. The van der Waals surface area contributed by atoms with Gasteiger partial charge in [0, 0.05) is 18.3 Å². The molecule has 0 spiro atoms. The van der Waals surface area contributed by atoms with Crippen LogP contribution in [-0.4, -0.2) is 12.9 Å². The van der Waals surface area contributed by atoms with Gasteiger partial charge >= 0.3 is 0 Å². The van der Waals surface area contributed by atoms with Crippen molar-refractivity contribution in [3.8, 4) is 0 Å². The van der Waals surface area contributed by atoms with E-state index in [1.807, 2.05) is 12.1 Å². The summed E-state index contributed by atoms with van der Waals surface area (Å²) in [5.74, 6) is 5.89. The number of rotatable bonds is 1. The predicted octanol–water partition coefficient (Wildman–Crippen LogP) is 0.109. The standard InChI is InChI=1S/C8H12N4/c1-11-8(12-10)6-2-4-7(9)5-3-6/h2-5H,9-10H2,1H3,(H,11,12). The van der Waals surface area contributed by atoms with Crippen LogP contribution < -0.4 is 17.0 Å². The fraction of sp³-hybridized carbons (Fsp3) is 0.125. The Morgan fingerprint density at radius 1 is 1.33 bits per heavy atom. The largest absolute Gasteiger partial charge is 0.399 e. The molecule has 0 radical (unpaired) electrons. The predicted molar refractivity (Wildman–Crippen MR) is 50.6 cm³/mol. The molecule has 0 atom stereocenters. The van der Waals surface area contributed by atoms with Crippen molar-refractivity contribution in [3.05, 3.63) is 29.8 Å². The normalized spacial score (nSPS) is 11.3. The molecule has 0 aromatic heterocycles. The monoisotopic (exact) mass is 164 g/mol. The third-order valence-corrected chi connectivity index (χ3v) is 1.54. The first-order valence-electron chi connectivity index (χ1n) is 3.57. The highest BCUT2D eigenvalue weighted by molar-refractivity contribution is 5.98. The maximum absolute atomic E-state index is 5.52. The third-order valence-electron chi connectivity index (χ3n) is 1.54. The zero-order valence-corrected chi connectivity index (χ0v) is 6.91. The highest BCUT2D eigenvalue weighted by Gasteiger charge is 1.97. The van der Waals surface area contributed by atoms with E-state index < -0.39 is 0 Å². The zero-order chi connectivity index (χ0) is 8.97. The van der Waals surface area contributed by atoms with E-state index in [2.05, 4.69) is 10.4 Å². The molecule has 4 heteroatoms. The Hall–Kier alpha value is -1.55. The lowest BCUT2D eigenvalue weighted by Gasteiger charge is -2.03. The highest BCUT2D eigenvalue weighted by atomic mass is 15.2. The number of benzene rings is 1. The molecule has 0 saturated heterocycles. The van der Waals surface area contributed by atoms with Crippen LogP contribution in [0.1, 0.15) is 5.56 Å². The number of nitrogens with zero attached hydrogens (tertiary/aromatic N) is 1. The summed E-state index contributed by atoms with van der Waals surface area (Å²) in [6, 6.07) is 7.32. The van der Waals surface area contributed by atoms with Gasteiger partial charge in [-0.25, -0.2) is 5.84 Å². The Labute approximate surface area is 71.3 Å². The van der Waals surface area contributed by atoms with Gasteiger partial charge in [0.1, 0.15) is 5.84 Å². The smallest absolute Gasteiger partial charge is 0.142 e. The second kappa shape index (κ2) is 3.73. The molecule has 0 aliphatic heterocycles. The number of aliphatic imine (C=N–C) groups is 1. The molecule has 64 valence electrons. The zero-order valence-electron chi connectivity index (χ0n) is 6.91. The molecule has 1 aromatic rings. The van der Waals surface area contributed by atoms with Crippen molar-refractivity contribution in [3.63, 3.8) is 0 Å². The number of nitrogens with one attached hydrogen (secondary N) is 1. The van der Waals surface area contributed by atoms with Crippen LogP contribution in [0.5, 0.6) is 0 Å². The lowest BCUT2D eigenvalue weighted by Crippen LogP contribution is -2.30. The van der Waals surface area contributed by atoms with Gasteiger partial charge in [0.05, 0.1) is 0 Å². The molecule has 0 aliphatic rings. The van der Waals surface area contributed by atoms with E-state index >= 15 is 0 Å². The Kier molecular flexibility index (Phi) is 2.66. The SMILES string of the molecule is CN=C(NN)c1ccc(N)cc1. The van der Waals surface area contributed by atoms with E-state index in [-0.39, 0.29) is 0 Å². The maximum Gasteiger partial charge on any atom is 0.142 e. The number of hydrazine groups is 1. The molecule has 0 bridgehead atoms. The lowest BCUT2D eigenvalue weighted by molar-refractivity contribution is 1.02. The Morgan fingerprint density at radius 3 is 2.33 bits per heavy atom. The molecule has 4 nitrogen and oxygen atoms in total. The molecule has 0 amide bonds. The number of nitrogens with two attached hydrogens (primary N) is 2. The Bertz CT molecular complexity index is 276. The number of anilines is 1. The van der Waals surface area contributed by atoms with Gasteiger partial charge in [0.2, 0.25) is 0 Å². The van der Waals surface area contributed by atoms with Gasteiger partial charge in [0.15, 0.2) is 0 Å². The van der Waals surface area contributed by atoms with Crippen molar-refractivity contribution in [1.29, 1.82) is 0 Å². The first-order valence-corrected chi connectivity index (χ1v) is 3.57. The van der Waals surface area contributed by atoms with Gasteiger partial charge in [0.25, 0.3) is 0 Å². The van der Waals surface area contributed by atoms with Gasteiger partial charge in [-0.1, -0.05) is 0 Å². The summed E-state index contributed by atoms with van der Waals surface area (Å²) in [6.45, 7) is 0. The van der Waals surface area contributed by atoms with Gasteiger partial charge in [-0.2, -0.15) is 0 Å². The van der Waals surface area contributed by atoms with Crippen molar-refractivity contribution in [1.82, 2.24) is 5.43 Å². The molecule has 1 aromatic carbocycles. The molecule has 0 aliphatic carbocycles. The minimum Gasteiger partial charge on any atom is -0.399 e. The Morgan fingerprint density at radius 2 is 1.92 bits per heavy atom. The molecule has 5 N–H and O–H groups in total. The van der Waals surface area contributed by atoms with Gasteiger partial charge in [-0.05, 0) is 24.3 Å². The molecular formula is C8H12N4. The summed E-state index contributed by atoms with van der Waals surface area (Å²) >= 11 is 0. The van der Waals surface area contributed by atoms with Gasteiger partial charge < -0.3 is 11.2 Å². The first kappa shape index (κ1) is 8.55. The average Bonchev–Trinajstić information content (AvgIpc) is 2.10. The minimum absolute atomic E-state index is 0.648. The lowest BCUT2D eigenvalue weighted by atomic mass is 10.2. The van der Waals surface area contributed by atoms with Crippen molar-refractivity contribution >= 4 is 11.5 Å². The third kappa shape index (κ3) is 1.73. The fourth-order valence-corrected chi connectivity index (χ4v) is 0.918. The van der Waals surface area contributed by atoms with Crippen LogP contribution in [0, 0.1) is 0 Å². The molecule has 0 heterocycles. The van der Waals surface area contributed by atoms with E-state index in [0.717, 1.165) is 11.3 Å². The van der Waals surface area contributed by atoms with Gasteiger partial charge in [-0.15, -0.1) is 0 Å². The second-order valence-corrected chi connectivity index (χ2v) is 2.34. The van der Waals surface area contributed by atoms with E-state index in [9.17, 15) is 0 Å². The van der Waals surface area contributed by atoms with Crippen molar-refractivity contribution in [2.24, 2.45) is 10.8 Å². The summed E-state index contributed by atoms with van der Waals surface area (Å²) in [6.07, 6.45) is 0. The quantitative estimate of drug-likeness (QED) is 0.181. The van der Waals surface area contributed by atoms with Crippen LogP contribution in [0.3, 0.4) is 0 Å². The highest BCUT2D eigenvalue weighted by Crippen LogP contribution is 2.04. The minimum atomic E-state index is 0.648. The number of hydrogen-bond acceptors (Lipinski definition) is 3. The van der Waals surface area contributed by atoms with E-state index in [1.54, 1.807) is 19.2 Å². The van der Waals surface area contributed by atoms with Crippen LogP contribution in [-0.2, 0) is 0 Å². The first-order chi connectivity index (χ1) is 5.77. The van der Waals surface area contributed by atoms with Crippen LogP contribution in [0.15, 0.2) is 29.3 Å². The van der Waals surface area contributed by atoms with Gasteiger partial charge in [-0.3, -0.25) is 4.99 Å². The van der Waals surface area contributed by atoms with Crippen molar-refractivity contribution < 1.29 is 0 Å². The van der Waals surface area contributed by atoms with Crippen LogP contribution in [0.4, 0.5) is 5.69 Å². The number of amidine groups is 1. The summed E-state index contributed by atoms with van der Waals surface area (Å²) in [5.41, 5.74) is 9.67. The summed E-state index contributed by atoms with van der Waals surface area (Å²) in [4.78, 5) is 3.95. The molecule has 0 saturated carbocycles. The molecular weight excluding hydrogens is 152 g/mol. The van der Waals surface area contributed by atoms with E-state index in [4.69, 9.17) is 11.6 Å². The van der Waals surface area contributed by atoms with Crippen LogP contribution >= 0.6 is 0 Å². The molecule has 12 heavy (non-hydrogen) atoms. The Balaban J connectivity index is 2.96. The summed E-state index contributed by atoms with van der Waals surface area (Å²) in [5, 5.41) is 0.